The van der Waals surface area contributed by atoms with Gasteiger partial charge in [0, 0.05) is 10.2 Å². The van der Waals surface area contributed by atoms with E-state index < -0.39 is 0 Å². The Bertz CT molecular complexity index is 543. The van der Waals surface area contributed by atoms with Gasteiger partial charge in [0.25, 0.3) is 0 Å². The summed E-state index contributed by atoms with van der Waals surface area (Å²) in [5.41, 5.74) is 10.6. The van der Waals surface area contributed by atoms with E-state index in [0.29, 0.717) is 0 Å². The molecule has 102 valence electrons. The second kappa shape index (κ2) is 6.35. The summed E-state index contributed by atoms with van der Waals surface area (Å²) in [5, 5.41) is 4.64. The Balaban J connectivity index is 2.19. The lowest BCUT2D eigenvalue weighted by atomic mass is 10.1. The Morgan fingerprint density at radius 3 is 2.53 bits per heavy atom. The summed E-state index contributed by atoms with van der Waals surface area (Å²) in [6, 6.07) is 8.38. The molecule has 0 fully saturated rings. The van der Waals surface area contributed by atoms with Gasteiger partial charge in [-0.1, -0.05) is 28.1 Å². The summed E-state index contributed by atoms with van der Waals surface area (Å²) >= 11 is 3.46. The van der Waals surface area contributed by atoms with Gasteiger partial charge in [-0.3, -0.25) is 4.68 Å². The van der Waals surface area contributed by atoms with Gasteiger partial charge in [0.15, 0.2) is 0 Å². The number of nitrogens with zero attached hydrogens (tertiary/aromatic N) is 2. The van der Waals surface area contributed by atoms with Crippen molar-refractivity contribution in [1.29, 1.82) is 0 Å². The zero-order valence-electron chi connectivity index (χ0n) is 11.5. The average molecular weight is 322 g/mol. The van der Waals surface area contributed by atoms with Crippen LogP contribution in [0.3, 0.4) is 0 Å². The lowest BCUT2D eigenvalue weighted by molar-refractivity contribution is 0.657. The van der Waals surface area contributed by atoms with Crippen LogP contribution in [0.4, 0.5) is 0 Å². The fourth-order valence-corrected chi connectivity index (χ4v) is 2.56. The maximum Gasteiger partial charge on any atom is 0.0662 e. The lowest BCUT2D eigenvalue weighted by Crippen LogP contribution is -2.05. The van der Waals surface area contributed by atoms with Crippen LogP contribution < -0.4 is 5.73 Å². The first-order valence-corrected chi connectivity index (χ1v) is 7.38. The molecule has 0 amide bonds. The Labute approximate surface area is 122 Å². The van der Waals surface area contributed by atoms with E-state index in [9.17, 15) is 0 Å². The second-order valence-corrected chi connectivity index (χ2v) is 5.74. The number of nitrogens with two attached hydrogens (primary N) is 1. The highest BCUT2D eigenvalue weighted by molar-refractivity contribution is 9.10. The van der Waals surface area contributed by atoms with E-state index in [2.05, 4.69) is 63.8 Å². The molecule has 3 nitrogen and oxygen atoms in total. The van der Waals surface area contributed by atoms with Gasteiger partial charge in [0.1, 0.15) is 0 Å². The Hall–Kier alpha value is -1.13. The molecule has 0 saturated heterocycles. The molecule has 0 saturated carbocycles. The van der Waals surface area contributed by atoms with Crippen LogP contribution in [0, 0.1) is 13.8 Å². The number of benzene rings is 1. The quantitative estimate of drug-likeness (QED) is 0.919. The lowest BCUT2D eigenvalue weighted by Gasteiger charge is -2.06. The Morgan fingerprint density at radius 1 is 1.21 bits per heavy atom. The summed E-state index contributed by atoms with van der Waals surface area (Å²) in [7, 11) is 0. The van der Waals surface area contributed by atoms with E-state index in [4.69, 9.17) is 5.73 Å². The monoisotopic (exact) mass is 321 g/mol. The third-order valence-corrected chi connectivity index (χ3v) is 3.94. The molecule has 0 atom stereocenters. The van der Waals surface area contributed by atoms with Crippen LogP contribution in [0.1, 0.15) is 28.9 Å². The minimum Gasteiger partial charge on any atom is -0.330 e. The predicted molar refractivity (Wildman–Crippen MR) is 82.3 cm³/mol. The van der Waals surface area contributed by atoms with Crippen LogP contribution in [0.5, 0.6) is 0 Å². The number of halogens is 1. The van der Waals surface area contributed by atoms with Gasteiger partial charge in [-0.25, -0.2) is 0 Å². The zero-order chi connectivity index (χ0) is 13.8. The van der Waals surface area contributed by atoms with E-state index in [1.54, 1.807) is 0 Å². The van der Waals surface area contributed by atoms with E-state index in [1.165, 1.54) is 16.8 Å². The molecule has 2 aromatic rings. The minimum atomic E-state index is 0.733. The highest BCUT2D eigenvalue weighted by atomic mass is 79.9. The number of rotatable bonds is 5. The van der Waals surface area contributed by atoms with Crippen molar-refractivity contribution in [2.24, 2.45) is 5.73 Å². The van der Waals surface area contributed by atoms with Crippen LogP contribution in [0.2, 0.25) is 0 Å². The molecule has 1 aromatic heterocycles. The Morgan fingerprint density at radius 2 is 1.89 bits per heavy atom. The van der Waals surface area contributed by atoms with Crippen LogP contribution in [-0.2, 0) is 13.0 Å². The minimum absolute atomic E-state index is 0.733. The van der Waals surface area contributed by atoms with Gasteiger partial charge in [-0.2, -0.15) is 5.10 Å². The Kier molecular flexibility index (Phi) is 4.77. The largest absolute Gasteiger partial charge is 0.330 e. The van der Waals surface area contributed by atoms with Crippen molar-refractivity contribution < 1.29 is 0 Å². The van der Waals surface area contributed by atoms with E-state index in [1.807, 2.05) is 0 Å². The summed E-state index contributed by atoms with van der Waals surface area (Å²) in [6.45, 7) is 5.78. The highest BCUT2D eigenvalue weighted by Gasteiger charge is 2.11. The SMILES string of the molecule is Cc1nn(Cc2ccc(Br)cc2)c(C)c1CCCN. The number of aryl methyl sites for hydroxylation is 1. The van der Waals surface area contributed by atoms with Gasteiger partial charge in [0.05, 0.1) is 12.2 Å². The summed E-state index contributed by atoms with van der Waals surface area (Å²) in [6.07, 6.45) is 2.04. The van der Waals surface area contributed by atoms with Crippen molar-refractivity contribution in [3.05, 3.63) is 51.3 Å². The van der Waals surface area contributed by atoms with E-state index >= 15 is 0 Å². The van der Waals surface area contributed by atoms with Crippen molar-refractivity contribution in [3.63, 3.8) is 0 Å². The molecule has 0 aliphatic carbocycles. The van der Waals surface area contributed by atoms with Crippen molar-refractivity contribution >= 4 is 15.9 Å². The van der Waals surface area contributed by atoms with Crippen molar-refractivity contribution in [2.45, 2.75) is 33.2 Å². The van der Waals surface area contributed by atoms with Gasteiger partial charge < -0.3 is 5.73 Å². The summed E-state index contributed by atoms with van der Waals surface area (Å²) in [4.78, 5) is 0. The average Bonchev–Trinajstić information content (AvgIpc) is 2.65. The molecule has 0 spiro atoms. The second-order valence-electron chi connectivity index (χ2n) is 4.83. The molecule has 0 bridgehead atoms. The molecular formula is C15H20BrN3. The topological polar surface area (TPSA) is 43.8 Å². The van der Waals surface area contributed by atoms with Crippen LogP contribution in [0.25, 0.3) is 0 Å². The maximum absolute atomic E-state index is 5.59. The number of aromatic nitrogens is 2. The van der Waals surface area contributed by atoms with Crippen LogP contribution >= 0.6 is 15.9 Å². The smallest absolute Gasteiger partial charge is 0.0662 e. The molecule has 0 radical (unpaired) electrons. The summed E-state index contributed by atoms with van der Waals surface area (Å²) < 4.78 is 3.19. The standard InChI is InChI=1S/C15H20BrN3/c1-11-15(4-3-9-17)12(2)19(18-11)10-13-5-7-14(16)8-6-13/h5-8H,3-4,9-10,17H2,1-2H3. The predicted octanol–water partition coefficient (Wildman–Crippen LogP) is 3.20. The third-order valence-electron chi connectivity index (χ3n) is 3.41. The third kappa shape index (κ3) is 3.45. The van der Waals surface area contributed by atoms with Gasteiger partial charge in [-0.15, -0.1) is 0 Å². The van der Waals surface area contributed by atoms with E-state index in [-0.39, 0.29) is 0 Å². The van der Waals surface area contributed by atoms with Crippen LogP contribution in [0.15, 0.2) is 28.7 Å². The zero-order valence-corrected chi connectivity index (χ0v) is 13.1. The highest BCUT2D eigenvalue weighted by Crippen LogP contribution is 2.17. The molecule has 1 heterocycles. The van der Waals surface area contributed by atoms with Crippen molar-refractivity contribution in [3.8, 4) is 0 Å². The molecule has 19 heavy (non-hydrogen) atoms. The number of hydrogen-bond acceptors (Lipinski definition) is 2. The first-order valence-electron chi connectivity index (χ1n) is 6.59. The van der Waals surface area contributed by atoms with Crippen LogP contribution in [-0.4, -0.2) is 16.3 Å². The summed E-state index contributed by atoms with van der Waals surface area (Å²) in [5.74, 6) is 0. The fraction of sp³-hybridized carbons (Fsp3) is 0.400. The first kappa shape index (κ1) is 14.3. The van der Waals surface area contributed by atoms with Crippen molar-refractivity contribution in [1.82, 2.24) is 9.78 Å². The van der Waals surface area contributed by atoms with Crippen molar-refractivity contribution in [2.75, 3.05) is 6.54 Å². The molecule has 0 unspecified atom stereocenters. The first-order chi connectivity index (χ1) is 9.11. The molecule has 0 aliphatic rings. The molecule has 4 heteroatoms. The fourth-order valence-electron chi connectivity index (χ4n) is 2.29. The van der Waals surface area contributed by atoms with Gasteiger partial charge in [0.2, 0.25) is 0 Å². The number of hydrogen-bond donors (Lipinski definition) is 1. The van der Waals surface area contributed by atoms with Gasteiger partial charge in [-0.05, 0) is 56.5 Å². The van der Waals surface area contributed by atoms with E-state index in [0.717, 1.165) is 36.1 Å². The van der Waals surface area contributed by atoms with Gasteiger partial charge >= 0.3 is 0 Å². The molecule has 2 N–H and O–H groups in total. The molecule has 0 aliphatic heterocycles. The molecule has 1 aromatic carbocycles. The molecule has 2 rings (SSSR count). The normalized spacial score (nSPS) is 10.9. The molecular weight excluding hydrogens is 302 g/mol. The maximum atomic E-state index is 5.59.